The summed E-state index contributed by atoms with van der Waals surface area (Å²) in [5, 5.41) is 11.1. The number of carbonyl (C=O) groups is 1. The zero-order valence-electron chi connectivity index (χ0n) is 9.60. The van der Waals surface area contributed by atoms with Crippen molar-refractivity contribution in [2.45, 2.75) is 12.8 Å². The Balaban J connectivity index is 2.65. The van der Waals surface area contributed by atoms with Gasteiger partial charge in [0.2, 0.25) is 0 Å². The second-order valence-electron chi connectivity index (χ2n) is 3.39. The van der Waals surface area contributed by atoms with Gasteiger partial charge in [0.15, 0.2) is 11.4 Å². The summed E-state index contributed by atoms with van der Waals surface area (Å²) in [5.41, 5.74) is -0.0453. The van der Waals surface area contributed by atoms with Crippen LogP contribution in [-0.2, 0) is 0 Å². The van der Waals surface area contributed by atoms with Crippen LogP contribution in [0.3, 0.4) is 0 Å². The summed E-state index contributed by atoms with van der Waals surface area (Å²) in [6.45, 7) is -0.556. The number of aromatic nitrogens is 1. The average Bonchev–Trinajstić information content (AvgIpc) is 2.37. The summed E-state index contributed by atoms with van der Waals surface area (Å²) in [6, 6.07) is 2.89. The monoisotopic (exact) mass is 260 g/mol. The summed E-state index contributed by atoms with van der Waals surface area (Å²) >= 11 is 0. The number of aliphatic hydroxyl groups is 1. The van der Waals surface area contributed by atoms with Gasteiger partial charge >= 0.3 is 0 Å². The first-order valence-electron chi connectivity index (χ1n) is 5.40. The molecule has 0 fully saturated rings. The molecule has 0 unspecified atom stereocenters. The van der Waals surface area contributed by atoms with E-state index in [1.807, 2.05) is 0 Å². The highest BCUT2D eigenvalue weighted by Crippen LogP contribution is 2.15. The van der Waals surface area contributed by atoms with Gasteiger partial charge < -0.3 is 15.2 Å². The van der Waals surface area contributed by atoms with Gasteiger partial charge in [-0.1, -0.05) is 0 Å². The quantitative estimate of drug-likeness (QED) is 0.713. The van der Waals surface area contributed by atoms with Gasteiger partial charge in [-0.25, -0.2) is 13.8 Å². The first-order chi connectivity index (χ1) is 8.65. The molecule has 100 valence electrons. The van der Waals surface area contributed by atoms with E-state index in [0.29, 0.717) is 6.42 Å². The normalized spacial score (nSPS) is 10.4. The van der Waals surface area contributed by atoms with Crippen molar-refractivity contribution in [1.29, 1.82) is 0 Å². The molecule has 0 aliphatic rings. The second-order valence-corrected chi connectivity index (χ2v) is 3.39. The fourth-order valence-corrected chi connectivity index (χ4v) is 1.20. The minimum absolute atomic E-state index is 0.0132. The zero-order valence-corrected chi connectivity index (χ0v) is 9.60. The maximum atomic E-state index is 12.0. The third-order valence-electron chi connectivity index (χ3n) is 1.97. The van der Waals surface area contributed by atoms with Gasteiger partial charge in [0.25, 0.3) is 12.3 Å². The Labute approximate surface area is 103 Å². The van der Waals surface area contributed by atoms with E-state index in [1.165, 1.54) is 18.3 Å². The molecule has 0 atom stereocenters. The molecule has 0 aliphatic heterocycles. The maximum absolute atomic E-state index is 12.0. The molecule has 0 bridgehead atoms. The largest absolute Gasteiger partial charge is 0.485 e. The molecule has 1 amide bonds. The topological polar surface area (TPSA) is 71.5 Å². The van der Waals surface area contributed by atoms with Crippen LogP contribution in [0.5, 0.6) is 5.75 Å². The van der Waals surface area contributed by atoms with E-state index in [0.717, 1.165) is 0 Å². The molecule has 0 aromatic carbocycles. The van der Waals surface area contributed by atoms with Crippen molar-refractivity contribution in [1.82, 2.24) is 10.3 Å². The number of ether oxygens (including phenoxy) is 1. The van der Waals surface area contributed by atoms with E-state index in [1.54, 1.807) is 0 Å². The minimum Gasteiger partial charge on any atom is -0.485 e. The number of amides is 1. The predicted molar refractivity (Wildman–Crippen MR) is 59.8 cm³/mol. The summed E-state index contributed by atoms with van der Waals surface area (Å²) in [5.74, 6) is -0.507. The molecule has 0 radical (unpaired) electrons. The second kappa shape index (κ2) is 7.54. The maximum Gasteiger partial charge on any atom is 0.273 e. The molecule has 1 heterocycles. The highest BCUT2D eigenvalue weighted by molar-refractivity contribution is 5.94. The van der Waals surface area contributed by atoms with Gasteiger partial charge in [-0.2, -0.15) is 0 Å². The molecule has 0 saturated heterocycles. The first-order valence-corrected chi connectivity index (χ1v) is 5.40. The molecular formula is C11H14F2N2O3. The van der Waals surface area contributed by atoms with Crippen molar-refractivity contribution in [3.63, 3.8) is 0 Å². The third-order valence-corrected chi connectivity index (χ3v) is 1.97. The van der Waals surface area contributed by atoms with Crippen LogP contribution < -0.4 is 10.1 Å². The number of nitrogens with one attached hydrogen (secondary N) is 1. The molecule has 7 heteroatoms. The first kappa shape index (κ1) is 14.3. The highest BCUT2D eigenvalue weighted by atomic mass is 19.3. The number of halogens is 2. The van der Waals surface area contributed by atoms with Crippen molar-refractivity contribution in [3.8, 4) is 5.75 Å². The lowest BCUT2D eigenvalue weighted by Gasteiger charge is -2.10. The molecule has 1 rings (SSSR count). The van der Waals surface area contributed by atoms with Crippen LogP contribution in [0.15, 0.2) is 18.3 Å². The van der Waals surface area contributed by atoms with Crippen LogP contribution in [0.4, 0.5) is 8.78 Å². The Hall–Kier alpha value is -1.76. The Morgan fingerprint density at radius 2 is 2.33 bits per heavy atom. The summed E-state index contributed by atoms with van der Waals surface area (Å²) < 4.78 is 28.9. The van der Waals surface area contributed by atoms with Crippen molar-refractivity contribution < 1.29 is 23.4 Å². The molecule has 0 saturated carbocycles. The summed E-state index contributed by atoms with van der Waals surface area (Å²) in [4.78, 5) is 15.5. The number of hydrogen-bond acceptors (Lipinski definition) is 4. The van der Waals surface area contributed by atoms with Crippen molar-refractivity contribution in [2.75, 3.05) is 19.8 Å². The van der Waals surface area contributed by atoms with Crippen LogP contribution in [-0.4, -0.2) is 42.2 Å². The molecule has 1 aromatic rings. The van der Waals surface area contributed by atoms with Crippen LogP contribution in [0.25, 0.3) is 0 Å². The van der Waals surface area contributed by atoms with Gasteiger partial charge in [0.05, 0.1) is 0 Å². The molecule has 5 nitrogen and oxygen atoms in total. The number of pyridine rings is 1. The molecule has 0 aliphatic carbocycles. The molecule has 0 spiro atoms. The third kappa shape index (κ3) is 4.62. The number of hydrogen-bond donors (Lipinski definition) is 2. The Kier molecular flexibility index (Phi) is 5.99. The lowest BCUT2D eigenvalue weighted by Crippen LogP contribution is -2.26. The number of alkyl halides is 2. The van der Waals surface area contributed by atoms with Crippen LogP contribution >= 0.6 is 0 Å². The summed E-state index contributed by atoms with van der Waals surface area (Å²) in [7, 11) is 0. The van der Waals surface area contributed by atoms with Gasteiger partial charge in [-0.3, -0.25) is 4.79 Å². The lowest BCUT2D eigenvalue weighted by molar-refractivity contribution is 0.0790. The molecular weight excluding hydrogens is 246 g/mol. The van der Waals surface area contributed by atoms with Gasteiger partial charge in [-0.05, 0) is 18.6 Å². The molecule has 18 heavy (non-hydrogen) atoms. The summed E-state index contributed by atoms with van der Waals surface area (Å²) in [6.07, 6.45) is -0.836. The van der Waals surface area contributed by atoms with Crippen molar-refractivity contribution in [3.05, 3.63) is 24.0 Å². The Bertz CT molecular complexity index is 388. The number of aliphatic hydroxyl groups excluding tert-OH is 1. The van der Waals surface area contributed by atoms with E-state index < -0.39 is 18.9 Å². The van der Waals surface area contributed by atoms with Gasteiger partial charge in [0, 0.05) is 19.3 Å². The standard InChI is InChI=1S/C11H14F2N2O3/c12-9(13)7-18-8-3-1-4-14-10(8)11(17)15-5-2-6-16/h1,3-4,9,16H,2,5-7H2,(H,15,17). The number of nitrogens with zero attached hydrogens (tertiary/aromatic N) is 1. The zero-order chi connectivity index (χ0) is 13.4. The fraction of sp³-hybridized carbons (Fsp3) is 0.455. The van der Waals surface area contributed by atoms with E-state index in [-0.39, 0.29) is 24.6 Å². The van der Waals surface area contributed by atoms with Crippen LogP contribution in [0.1, 0.15) is 16.9 Å². The fourth-order valence-electron chi connectivity index (χ4n) is 1.20. The SMILES string of the molecule is O=C(NCCCO)c1ncccc1OCC(F)F. The predicted octanol–water partition coefficient (Wildman–Crippen LogP) is 0.838. The van der Waals surface area contributed by atoms with Crippen LogP contribution in [0, 0.1) is 0 Å². The van der Waals surface area contributed by atoms with Gasteiger partial charge in [0.1, 0.15) is 6.61 Å². The Morgan fingerprint density at radius 3 is 3.00 bits per heavy atom. The highest BCUT2D eigenvalue weighted by Gasteiger charge is 2.14. The minimum atomic E-state index is -2.62. The van der Waals surface area contributed by atoms with E-state index in [2.05, 4.69) is 10.3 Å². The van der Waals surface area contributed by atoms with E-state index in [9.17, 15) is 13.6 Å². The lowest BCUT2D eigenvalue weighted by atomic mass is 10.3. The van der Waals surface area contributed by atoms with Crippen LogP contribution in [0.2, 0.25) is 0 Å². The number of carbonyl (C=O) groups excluding carboxylic acids is 1. The Morgan fingerprint density at radius 1 is 1.56 bits per heavy atom. The number of rotatable bonds is 7. The molecule has 2 N–H and O–H groups in total. The molecule has 1 aromatic heterocycles. The van der Waals surface area contributed by atoms with E-state index >= 15 is 0 Å². The van der Waals surface area contributed by atoms with Crippen molar-refractivity contribution >= 4 is 5.91 Å². The van der Waals surface area contributed by atoms with Crippen molar-refractivity contribution in [2.24, 2.45) is 0 Å². The van der Waals surface area contributed by atoms with Gasteiger partial charge in [-0.15, -0.1) is 0 Å². The average molecular weight is 260 g/mol. The smallest absolute Gasteiger partial charge is 0.273 e. The van der Waals surface area contributed by atoms with E-state index in [4.69, 9.17) is 9.84 Å².